The molecular formula is C11H13N2. The lowest BCUT2D eigenvalue weighted by molar-refractivity contribution is 0.399. The van der Waals surface area contributed by atoms with E-state index in [9.17, 15) is 0 Å². The van der Waals surface area contributed by atoms with Crippen molar-refractivity contribution in [3.63, 3.8) is 0 Å². The summed E-state index contributed by atoms with van der Waals surface area (Å²) < 4.78 is 0. The molecule has 0 amide bonds. The van der Waals surface area contributed by atoms with Crippen LogP contribution >= 0.6 is 0 Å². The zero-order valence-electron chi connectivity index (χ0n) is 7.94. The van der Waals surface area contributed by atoms with Gasteiger partial charge < -0.3 is 0 Å². The number of rotatable bonds is 1. The van der Waals surface area contributed by atoms with Crippen LogP contribution in [0.2, 0.25) is 0 Å². The highest BCUT2D eigenvalue weighted by Crippen LogP contribution is 2.25. The van der Waals surface area contributed by atoms with Gasteiger partial charge in [0.25, 0.3) is 0 Å². The largest absolute Gasteiger partial charge is 0.281 e. The third kappa shape index (κ3) is 1.45. The summed E-state index contributed by atoms with van der Waals surface area (Å²) in [5.74, 6) is 0. The van der Waals surface area contributed by atoms with Gasteiger partial charge in [-0.05, 0) is 25.1 Å². The summed E-state index contributed by atoms with van der Waals surface area (Å²) >= 11 is 0. The molecule has 0 saturated carbocycles. The summed E-state index contributed by atoms with van der Waals surface area (Å²) in [6.45, 7) is 2.10. The van der Waals surface area contributed by atoms with Gasteiger partial charge in [0.2, 0.25) is 0 Å². The van der Waals surface area contributed by atoms with Gasteiger partial charge in [-0.2, -0.15) is 0 Å². The Balaban J connectivity index is 2.24. The molecule has 1 heterocycles. The first kappa shape index (κ1) is 8.32. The Labute approximate surface area is 79.1 Å². The molecule has 0 bridgehead atoms. The molecule has 0 aliphatic carbocycles. The molecule has 1 aliphatic heterocycles. The first-order chi connectivity index (χ1) is 6.29. The average molecular weight is 173 g/mol. The molecule has 2 heteroatoms. The monoisotopic (exact) mass is 173 g/mol. The van der Waals surface area contributed by atoms with Gasteiger partial charge in [0.1, 0.15) is 0 Å². The van der Waals surface area contributed by atoms with Crippen molar-refractivity contribution in [1.82, 2.24) is 5.01 Å². The van der Waals surface area contributed by atoms with Crippen LogP contribution < -0.4 is 5.01 Å². The molecule has 2 rings (SSSR count). The number of benzene rings is 1. The SMILES string of the molecule is C[C]1C=CN(c2ccccc2)N1C. The van der Waals surface area contributed by atoms with Crippen LogP contribution in [0, 0.1) is 6.04 Å². The zero-order chi connectivity index (χ0) is 9.26. The number of anilines is 1. The summed E-state index contributed by atoms with van der Waals surface area (Å²) in [6.07, 6.45) is 4.18. The highest BCUT2D eigenvalue weighted by molar-refractivity contribution is 5.50. The van der Waals surface area contributed by atoms with Crippen LogP contribution in [0.5, 0.6) is 0 Å². The lowest BCUT2D eigenvalue weighted by atomic mass is 10.3. The molecule has 0 unspecified atom stereocenters. The second kappa shape index (κ2) is 3.23. The van der Waals surface area contributed by atoms with E-state index in [1.54, 1.807) is 0 Å². The highest BCUT2D eigenvalue weighted by Gasteiger charge is 2.19. The number of hydrogen-bond donors (Lipinski definition) is 0. The Morgan fingerprint density at radius 2 is 1.77 bits per heavy atom. The van der Waals surface area contributed by atoms with Crippen LogP contribution in [-0.2, 0) is 0 Å². The molecular weight excluding hydrogens is 160 g/mol. The summed E-state index contributed by atoms with van der Waals surface area (Å²) in [5, 5.41) is 4.24. The minimum absolute atomic E-state index is 1.19. The first-order valence-electron chi connectivity index (χ1n) is 4.39. The van der Waals surface area contributed by atoms with Crippen molar-refractivity contribution in [3.8, 4) is 0 Å². The molecule has 0 saturated heterocycles. The lowest BCUT2D eigenvalue weighted by Crippen LogP contribution is -2.32. The van der Waals surface area contributed by atoms with E-state index in [2.05, 4.69) is 48.4 Å². The fraction of sp³-hybridized carbons (Fsp3) is 0.182. The summed E-state index contributed by atoms with van der Waals surface area (Å²) in [7, 11) is 2.06. The van der Waals surface area contributed by atoms with Crippen LogP contribution in [0.1, 0.15) is 6.92 Å². The molecule has 1 radical (unpaired) electrons. The van der Waals surface area contributed by atoms with Crippen LogP contribution in [0.25, 0.3) is 0 Å². The van der Waals surface area contributed by atoms with Crippen molar-refractivity contribution in [3.05, 3.63) is 48.6 Å². The average Bonchev–Trinajstić information content (AvgIpc) is 2.49. The van der Waals surface area contributed by atoms with Crippen molar-refractivity contribution in [1.29, 1.82) is 0 Å². The first-order valence-corrected chi connectivity index (χ1v) is 4.39. The van der Waals surface area contributed by atoms with E-state index in [1.165, 1.54) is 11.7 Å². The quantitative estimate of drug-likeness (QED) is 0.643. The van der Waals surface area contributed by atoms with Crippen molar-refractivity contribution >= 4 is 5.69 Å². The molecule has 1 aromatic rings. The van der Waals surface area contributed by atoms with E-state index in [0.29, 0.717) is 0 Å². The Bertz CT molecular complexity index is 305. The van der Waals surface area contributed by atoms with Crippen molar-refractivity contribution in [2.24, 2.45) is 0 Å². The van der Waals surface area contributed by atoms with Gasteiger partial charge in [0, 0.05) is 13.2 Å². The third-order valence-corrected chi connectivity index (χ3v) is 2.31. The van der Waals surface area contributed by atoms with Crippen molar-refractivity contribution in [2.75, 3.05) is 12.1 Å². The van der Waals surface area contributed by atoms with Crippen LogP contribution in [0.4, 0.5) is 5.69 Å². The lowest BCUT2D eigenvalue weighted by Gasteiger charge is -2.27. The molecule has 13 heavy (non-hydrogen) atoms. The number of likely N-dealkylation sites (N-methyl/N-ethyl adjacent to an activating group) is 1. The van der Waals surface area contributed by atoms with Gasteiger partial charge >= 0.3 is 0 Å². The molecule has 0 N–H and O–H groups in total. The fourth-order valence-corrected chi connectivity index (χ4v) is 1.40. The van der Waals surface area contributed by atoms with Gasteiger partial charge in [-0.25, -0.2) is 5.01 Å². The molecule has 1 aromatic carbocycles. The molecule has 1 aliphatic rings. The summed E-state index contributed by atoms with van der Waals surface area (Å²) in [4.78, 5) is 0. The van der Waals surface area contributed by atoms with E-state index < -0.39 is 0 Å². The van der Waals surface area contributed by atoms with E-state index in [-0.39, 0.29) is 0 Å². The van der Waals surface area contributed by atoms with Crippen molar-refractivity contribution < 1.29 is 0 Å². The molecule has 0 aromatic heterocycles. The van der Waals surface area contributed by atoms with Gasteiger partial charge in [-0.15, -0.1) is 0 Å². The van der Waals surface area contributed by atoms with Gasteiger partial charge in [-0.1, -0.05) is 18.2 Å². The number of hydrazine groups is 1. The molecule has 0 spiro atoms. The van der Waals surface area contributed by atoms with E-state index in [4.69, 9.17) is 0 Å². The number of hydrogen-bond acceptors (Lipinski definition) is 2. The molecule has 2 nitrogen and oxygen atoms in total. The predicted molar refractivity (Wildman–Crippen MR) is 54.7 cm³/mol. The normalized spacial score (nSPS) is 18.5. The van der Waals surface area contributed by atoms with Crippen LogP contribution in [0.15, 0.2) is 42.6 Å². The maximum absolute atomic E-state index is 2.12. The Morgan fingerprint density at radius 3 is 2.31 bits per heavy atom. The second-order valence-corrected chi connectivity index (χ2v) is 3.16. The molecule has 0 fully saturated rings. The van der Waals surface area contributed by atoms with E-state index in [1.807, 2.05) is 18.2 Å². The van der Waals surface area contributed by atoms with Crippen LogP contribution in [-0.4, -0.2) is 12.1 Å². The Hall–Kier alpha value is -1.28. The number of para-hydroxylation sites is 1. The van der Waals surface area contributed by atoms with Gasteiger partial charge in [0.15, 0.2) is 0 Å². The topological polar surface area (TPSA) is 6.48 Å². The van der Waals surface area contributed by atoms with Gasteiger partial charge in [-0.3, -0.25) is 5.01 Å². The van der Waals surface area contributed by atoms with Crippen molar-refractivity contribution in [2.45, 2.75) is 6.92 Å². The van der Waals surface area contributed by atoms with E-state index >= 15 is 0 Å². The minimum atomic E-state index is 1.19. The van der Waals surface area contributed by atoms with E-state index in [0.717, 1.165) is 0 Å². The third-order valence-electron chi connectivity index (χ3n) is 2.31. The molecule has 0 atom stereocenters. The van der Waals surface area contributed by atoms with Gasteiger partial charge in [0.05, 0.1) is 11.7 Å². The minimum Gasteiger partial charge on any atom is -0.281 e. The maximum atomic E-state index is 2.12. The molecule has 67 valence electrons. The fourth-order valence-electron chi connectivity index (χ4n) is 1.40. The Morgan fingerprint density at radius 1 is 1.08 bits per heavy atom. The maximum Gasteiger partial charge on any atom is 0.0807 e. The number of nitrogens with zero attached hydrogens (tertiary/aromatic N) is 2. The Kier molecular flexibility index (Phi) is 2.07. The predicted octanol–water partition coefficient (Wildman–Crippen LogP) is 2.42. The summed E-state index contributed by atoms with van der Waals surface area (Å²) in [6, 6.07) is 11.6. The smallest absolute Gasteiger partial charge is 0.0807 e. The summed E-state index contributed by atoms with van der Waals surface area (Å²) in [5.41, 5.74) is 1.19. The van der Waals surface area contributed by atoms with Crippen LogP contribution in [0.3, 0.4) is 0 Å². The zero-order valence-corrected chi connectivity index (χ0v) is 7.94. The standard InChI is InChI=1S/C11H13N2/c1-10-8-9-13(12(10)2)11-6-4-3-5-7-11/h3-9H,1-2H3. The highest BCUT2D eigenvalue weighted by atomic mass is 15.6. The second-order valence-electron chi connectivity index (χ2n) is 3.16.